The van der Waals surface area contributed by atoms with E-state index in [1.807, 2.05) is 20.8 Å². The van der Waals surface area contributed by atoms with Crippen molar-refractivity contribution in [2.45, 2.75) is 52.1 Å². The van der Waals surface area contributed by atoms with E-state index in [4.69, 9.17) is 8.92 Å². The lowest BCUT2D eigenvalue weighted by molar-refractivity contribution is 0.0159. The molecule has 0 bridgehead atoms. The first-order chi connectivity index (χ1) is 9.57. The summed E-state index contributed by atoms with van der Waals surface area (Å²) in [7, 11) is -3.36. The Morgan fingerprint density at radius 3 is 2.57 bits per heavy atom. The standard InChI is InChI=1S/C14H27NO5S/c1-14(2,3)20-13(16)15-9-5-7-12(11-15)8-6-10-19-21(4,17)18/h12H,5-11H2,1-4H3. The van der Waals surface area contributed by atoms with Crippen molar-refractivity contribution in [2.24, 2.45) is 5.92 Å². The highest BCUT2D eigenvalue weighted by atomic mass is 32.2. The fourth-order valence-corrected chi connectivity index (χ4v) is 2.80. The van der Waals surface area contributed by atoms with Crippen LogP contribution in [0.3, 0.4) is 0 Å². The molecule has 1 atom stereocenters. The van der Waals surface area contributed by atoms with Gasteiger partial charge in [-0.05, 0) is 52.4 Å². The molecule has 0 aliphatic carbocycles. The summed E-state index contributed by atoms with van der Waals surface area (Å²) in [5.74, 6) is 0.384. The number of rotatable bonds is 5. The van der Waals surface area contributed by atoms with Gasteiger partial charge in [0.15, 0.2) is 0 Å². The van der Waals surface area contributed by atoms with E-state index in [-0.39, 0.29) is 12.7 Å². The maximum atomic E-state index is 12.0. The third kappa shape index (κ3) is 8.26. The molecule has 0 aromatic heterocycles. The van der Waals surface area contributed by atoms with Gasteiger partial charge >= 0.3 is 6.09 Å². The lowest BCUT2D eigenvalue weighted by Gasteiger charge is -2.34. The number of amides is 1. The van der Waals surface area contributed by atoms with E-state index < -0.39 is 15.7 Å². The molecule has 124 valence electrons. The van der Waals surface area contributed by atoms with Gasteiger partial charge in [0.05, 0.1) is 12.9 Å². The predicted octanol–water partition coefficient (Wildman–Crippen LogP) is 2.39. The largest absolute Gasteiger partial charge is 0.444 e. The molecule has 0 aromatic rings. The monoisotopic (exact) mass is 321 g/mol. The van der Waals surface area contributed by atoms with Crippen LogP contribution in [0.25, 0.3) is 0 Å². The number of likely N-dealkylation sites (tertiary alicyclic amines) is 1. The minimum absolute atomic E-state index is 0.210. The summed E-state index contributed by atoms with van der Waals surface area (Å²) < 4.78 is 31.8. The van der Waals surface area contributed by atoms with Crippen LogP contribution >= 0.6 is 0 Å². The second-order valence-electron chi connectivity index (χ2n) is 6.60. The fourth-order valence-electron chi connectivity index (χ4n) is 2.38. The van der Waals surface area contributed by atoms with E-state index in [0.29, 0.717) is 18.9 Å². The molecule has 1 fully saturated rings. The number of carbonyl (C=O) groups excluding carboxylic acids is 1. The van der Waals surface area contributed by atoms with Gasteiger partial charge in [0.25, 0.3) is 10.1 Å². The molecule has 0 N–H and O–H groups in total. The minimum atomic E-state index is -3.36. The van der Waals surface area contributed by atoms with Gasteiger partial charge in [-0.1, -0.05) is 0 Å². The summed E-state index contributed by atoms with van der Waals surface area (Å²) in [5, 5.41) is 0. The van der Waals surface area contributed by atoms with Crippen LogP contribution in [0.4, 0.5) is 4.79 Å². The zero-order valence-electron chi connectivity index (χ0n) is 13.4. The van der Waals surface area contributed by atoms with Crippen LogP contribution in [-0.4, -0.2) is 51.0 Å². The van der Waals surface area contributed by atoms with E-state index >= 15 is 0 Å². The van der Waals surface area contributed by atoms with Crippen LogP contribution < -0.4 is 0 Å². The molecule has 1 heterocycles. The Bertz CT molecular complexity index is 441. The van der Waals surface area contributed by atoms with Crippen molar-refractivity contribution in [3.8, 4) is 0 Å². The van der Waals surface area contributed by atoms with E-state index in [9.17, 15) is 13.2 Å². The molecule has 1 aliphatic rings. The minimum Gasteiger partial charge on any atom is -0.444 e. The normalized spacial score (nSPS) is 20.4. The smallest absolute Gasteiger partial charge is 0.410 e. The van der Waals surface area contributed by atoms with E-state index in [0.717, 1.165) is 32.1 Å². The molecule has 0 radical (unpaired) electrons. The first-order valence-corrected chi connectivity index (χ1v) is 9.21. The highest BCUT2D eigenvalue weighted by Crippen LogP contribution is 2.22. The van der Waals surface area contributed by atoms with Crippen molar-refractivity contribution in [2.75, 3.05) is 26.0 Å². The lowest BCUT2D eigenvalue weighted by Crippen LogP contribution is -2.42. The third-order valence-electron chi connectivity index (χ3n) is 3.22. The molecule has 1 rings (SSSR count). The summed E-state index contributed by atoms with van der Waals surface area (Å²) in [6.45, 7) is 7.18. The quantitative estimate of drug-likeness (QED) is 0.574. The maximum Gasteiger partial charge on any atom is 0.410 e. The molecule has 7 heteroatoms. The zero-order chi connectivity index (χ0) is 16.1. The first kappa shape index (κ1) is 18.2. The van der Waals surface area contributed by atoms with Gasteiger partial charge in [-0.25, -0.2) is 4.79 Å². The van der Waals surface area contributed by atoms with Crippen LogP contribution in [0.1, 0.15) is 46.5 Å². The van der Waals surface area contributed by atoms with Gasteiger partial charge in [0.2, 0.25) is 0 Å². The third-order valence-corrected chi connectivity index (χ3v) is 3.82. The zero-order valence-corrected chi connectivity index (χ0v) is 14.2. The lowest BCUT2D eigenvalue weighted by atomic mass is 9.94. The molecular weight excluding hydrogens is 294 g/mol. The van der Waals surface area contributed by atoms with Crippen molar-refractivity contribution in [3.63, 3.8) is 0 Å². The SMILES string of the molecule is CC(C)(C)OC(=O)N1CCCC(CCCOS(C)(=O)=O)C1. The molecule has 1 aliphatic heterocycles. The van der Waals surface area contributed by atoms with Gasteiger partial charge in [0, 0.05) is 13.1 Å². The topological polar surface area (TPSA) is 72.9 Å². The molecule has 0 saturated carbocycles. The van der Waals surface area contributed by atoms with Crippen LogP contribution in [0, 0.1) is 5.92 Å². The van der Waals surface area contributed by atoms with Crippen molar-refractivity contribution in [1.29, 1.82) is 0 Å². The number of ether oxygens (including phenoxy) is 1. The van der Waals surface area contributed by atoms with Gasteiger partial charge < -0.3 is 9.64 Å². The number of piperidine rings is 1. The average Bonchev–Trinajstić information content (AvgIpc) is 2.32. The highest BCUT2D eigenvalue weighted by molar-refractivity contribution is 7.85. The van der Waals surface area contributed by atoms with Crippen LogP contribution in [-0.2, 0) is 19.0 Å². The Hall–Kier alpha value is -0.820. The Morgan fingerprint density at radius 2 is 2.00 bits per heavy atom. The Labute approximate surface area is 127 Å². The molecule has 0 aromatic carbocycles. The van der Waals surface area contributed by atoms with Gasteiger partial charge in [-0.2, -0.15) is 8.42 Å². The van der Waals surface area contributed by atoms with Crippen molar-refractivity contribution in [3.05, 3.63) is 0 Å². The molecule has 21 heavy (non-hydrogen) atoms. The summed E-state index contributed by atoms with van der Waals surface area (Å²) in [6.07, 6.45) is 4.33. The van der Waals surface area contributed by atoms with Crippen molar-refractivity contribution >= 4 is 16.2 Å². The molecule has 1 unspecified atom stereocenters. The number of hydrogen-bond acceptors (Lipinski definition) is 5. The van der Waals surface area contributed by atoms with Gasteiger partial charge in [-0.3, -0.25) is 4.18 Å². The highest BCUT2D eigenvalue weighted by Gasteiger charge is 2.27. The van der Waals surface area contributed by atoms with Crippen LogP contribution in [0.2, 0.25) is 0 Å². The average molecular weight is 321 g/mol. The Morgan fingerprint density at radius 1 is 1.33 bits per heavy atom. The summed E-state index contributed by atoms with van der Waals surface area (Å²) >= 11 is 0. The Kier molecular flexibility index (Phi) is 6.46. The summed E-state index contributed by atoms with van der Waals surface area (Å²) in [4.78, 5) is 13.8. The van der Waals surface area contributed by atoms with Crippen molar-refractivity contribution in [1.82, 2.24) is 4.90 Å². The number of carbonyl (C=O) groups is 1. The van der Waals surface area contributed by atoms with Crippen LogP contribution in [0.5, 0.6) is 0 Å². The molecule has 0 spiro atoms. The fraction of sp³-hybridized carbons (Fsp3) is 0.929. The second kappa shape index (κ2) is 7.45. The van der Waals surface area contributed by atoms with Crippen molar-refractivity contribution < 1.29 is 22.1 Å². The molecular formula is C14H27NO5S. The Balaban J connectivity index is 2.33. The van der Waals surface area contributed by atoms with Crippen LogP contribution in [0.15, 0.2) is 0 Å². The molecule has 6 nitrogen and oxygen atoms in total. The van der Waals surface area contributed by atoms with Gasteiger partial charge in [0.1, 0.15) is 5.60 Å². The van der Waals surface area contributed by atoms with E-state index in [1.54, 1.807) is 4.90 Å². The van der Waals surface area contributed by atoms with E-state index in [1.165, 1.54) is 0 Å². The van der Waals surface area contributed by atoms with E-state index in [2.05, 4.69) is 0 Å². The number of nitrogens with zero attached hydrogens (tertiary/aromatic N) is 1. The molecule has 1 amide bonds. The maximum absolute atomic E-state index is 12.0. The predicted molar refractivity (Wildman–Crippen MR) is 80.6 cm³/mol. The second-order valence-corrected chi connectivity index (χ2v) is 8.25. The number of hydrogen-bond donors (Lipinski definition) is 0. The summed E-state index contributed by atoms with van der Waals surface area (Å²) in [6, 6.07) is 0. The van der Waals surface area contributed by atoms with Gasteiger partial charge in [-0.15, -0.1) is 0 Å². The first-order valence-electron chi connectivity index (χ1n) is 7.39. The summed E-state index contributed by atoms with van der Waals surface area (Å²) in [5.41, 5.74) is -0.479. The molecule has 1 saturated heterocycles.